The van der Waals surface area contributed by atoms with E-state index in [2.05, 4.69) is 5.32 Å². The lowest BCUT2D eigenvalue weighted by Crippen LogP contribution is -2.24. The molecule has 0 saturated carbocycles. The van der Waals surface area contributed by atoms with Crippen LogP contribution in [-0.2, 0) is 9.59 Å². The number of carbonyl (C=O) groups excluding carboxylic acids is 2. The Bertz CT molecular complexity index is 374. The van der Waals surface area contributed by atoms with Crippen molar-refractivity contribution in [1.82, 2.24) is 0 Å². The van der Waals surface area contributed by atoms with Crippen LogP contribution in [0.5, 0.6) is 0 Å². The van der Waals surface area contributed by atoms with Crippen molar-refractivity contribution in [1.29, 1.82) is 0 Å². The van der Waals surface area contributed by atoms with Crippen molar-refractivity contribution >= 4 is 17.6 Å². The normalized spacial score (nSPS) is 9.67. The summed E-state index contributed by atoms with van der Waals surface area (Å²) < 4.78 is 0. The van der Waals surface area contributed by atoms with Gasteiger partial charge in [0.15, 0.2) is 0 Å². The molecule has 4 nitrogen and oxygen atoms in total. The van der Waals surface area contributed by atoms with Crippen LogP contribution in [0.25, 0.3) is 0 Å². The lowest BCUT2D eigenvalue weighted by atomic mass is 10.2. The van der Waals surface area contributed by atoms with Gasteiger partial charge < -0.3 is 15.2 Å². The summed E-state index contributed by atoms with van der Waals surface area (Å²) in [4.78, 5) is 21.3. The van der Waals surface area contributed by atoms with Crippen LogP contribution in [0.2, 0.25) is 0 Å². The average Bonchev–Trinajstić information content (AvgIpc) is 2.15. The highest BCUT2D eigenvalue weighted by Crippen LogP contribution is 2.09. The van der Waals surface area contributed by atoms with Crippen LogP contribution in [0.4, 0.5) is 5.69 Å². The SMILES string of the molecule is Cc1cccc(NC(=O)CCC(=O)[O-])c1. The van der Waals surface area contributed by atoms with Crippen LogP contribution in [0.3, 0.4) is 0 Å². The Morgan fingerprint density at radius 1 is 1.33 bits per heavy atom. The first-order valence-corrected chi connectivity index (χ1v) is 4.64. The minimum Gasteiger partial charge on any atom is -0.550 e. The van der Waals surface area contributed by atoms with Gasteiger partial charge in [-0.05, 0) is 31.0 Å². The number of carboxylic acids is 1. The summed E-state index contributed by atoms with van der Waals surface area (Å²) in [5.74, 6) is -1.53. The third-order valence-electron chi connectivity index (χ3n) is 1.86. The predicted octanol–water partition coefficient (Wildman–Crippen LogP) is 0.464. The first kappa shape index (κ1) is 11.2. The van der Waals surface area contributed by atoms with E-state index >= 15 is 0 Å². The monoisotopic (exact) mass is 206 g/mol. The van der Waals surface area contributed by atoms with E-state index in [9.17, 15) is 14.7 Å². The van der Waals surface area contributed by atoms with Gasteiger partial charge >= 0.3 is 0 Å². The molecule has 0 aliphatic rings. The average molecular weight is 206 g/mol. The van der Waals surface area contributed by atoms with E-state index in [4.69, 9.17) is 0 Å². The molecule has 1 N–H and O–H groups in total. The maximum Gasteiger partial charge on any atom is 0.224 e. The Balaban J connectivity index is 2.48. The van der Waals surface area contributed by atoms with E-state index < -0.39 is 5.97 Å². The largest absolute Gasteiger partial charge is 0.550 e. The predicted molar refractivity (Wildman–Crippen MR) is 54.0 cm³/mol. The first-order valence-electron chi connectivity index (χ1n) is 4.64. The minimum atomic E-state index is -1.21. The third kappa shape index (κ3) is 4.26. The number of benzene rings is 1. The molecule has 0 aliphatic carbocycles. The molecule has 0 fully saturated rings. The number of hydrogen-bond donors (Lipinski definition) is 1. The lowest BCUT2D eigenvalue weighted by molar-refractivity contribution is -0.305. The number of nitrogens with one attached hydrogen (secondary N) is 1. The number of carboxylic acid groups (broad SMARTS) is 1. The van der Waals surface area contributed by atoms with Crippen LogP contribution in [-0.4, -0.2) is 11.9 Å². The molecule has 0 aromatic heterocycles. The summed E-state index contributed by atoms with van der Waals surface area (Å²) in [6, 6.07) is 7.31. The van der Waals surface area contributed by atoms with Gasteiger partial charge in [0.1, 0.15) is 0 Å². The van der Waals surface area contributed by atoms with Gasteiger partial charge in [0, 0.05) is 18.1 Å². The third-order valence-corrected chi connectivity index (χ3v) is 1.86. The fraction of sp³-hybridized carbons (Fsp3) is 0.273. The van der Waals surface area contributed by atoms with Gasteiger partial charge in [0.25, 0.3) is 0 Å². The first-order chi connectivity index (χ1) is 7.08. The fourth-order valence-corrected chi connectivity index (χ4v) is 1.16. The van der Waals surface area contributed by atoms with E-state index in [1.54, 1.807) is 6.07 Å². The number of carbonyl (C=O) groups is 2. The van der Waals surface area contributed by atoms with Gasteiger partial charge in [-0.1, -0.05) is 12.1 Å². The Morgan fingerprint density at radius 3 is 2.67 bits per heavy atom. The van der Waals surface area contributed by atoms with Gasteiger partial charge in [0.2, 0.25) is 5.91 Å². The number of aryl methyl sites for hydroxylation is 1. The Kier molecular flexibility index (Phi) is 3.85. The van der Waals surface area contributed by atoms with Crippen LogP contribution in [0, 0.1) is 6.92 Å². The van der Waals surface area contributed by atoms with E-state index in [1.165, 1.54) is 0 Å². The van der Waals surface area contributed by atoms with Crippen molar-refractivity contribution in [2.24, 2.45) is 0 Å². The van der Waals surface area contributed by atoms with Crippen LogP contribution >= 0.6 is 0 Å². The second kappa shape index (κ2) is 5.14. The highest BCUT2D eigenvalue weighted by molar-refractivity contribution is 5.92. The molecule has 0 radical (unpaired) electrons. The summed E-state index contributed by atoms with van der Waals surface area (Å²) in [6.45, 7) is 1.91. The minimum absolute atomic E-state index is 0.0593. The zero-order valence-electron chi connectivity index (χ0n) is 8.45. The van der Waals surface area contributed by atoms with Crippen LogP contribution in [0.1, 0.15) is 18.4 Å². The van der Waals surface area contributed by atoms with E-state index in [0.717, 1.165) is 5.56 Å². The number of aliphatic carboxylic acids is 1. The van der Waals surface area contributed by atoms with Crippen molar-refractivity contribution in [2.75, 3.05) is 5.32 Å². The maximum atomic E-state index is 11.2. The van der Waals surface area contributed by atoms with Gasteiger partial charge in [-0.3, -0.25) is 4.79 Å². The van der Waals surface area contributed by atoms with Crippen LogP contribution < -0.4 is 10.4 Å². The van der Waals surface area contributed by atoms with Gasteiger partial charge in [-0.25, -0.2) is 0 Å². The number of amides is 1. The topological polar surface area (TPSA) is 69.2 Å². The fourth-order valence-electron chi connectivity index (χ4n) is 1.16. The van der Waals surface area contributed by atoms with E-state index in [0.29, 0.717) is 5.69 Å². The highest BCUT2D eigenvalue weighted by atomic mass is 16.4. The molecule has 0 bridgehead atoms. The summed E-state index contributed by atoms with van der Waals surface area (Å²) in [5, 5.41) is 12.7. The van der Waals surface area contributed by atoms with Gasteiger partial charge in [0.05, 0.1) is 0 Å². The molecule has 0 aliphatic heterocycles. The van der Waals surface area contributed by atoms with Crippen LogP contribution in [0.15, 0.2) is 24.3 Å². The van der Waals surface area contributed by atoms with Gasteiger partial charge in [-0.2, -0.15) is 0 Å². The highest BCUT2D eigenvalue weighted by Gasteiger charge is 2.01. The molecule has 1 amide bonds. The lowest BCUT2D eigenvalue weighted by Gasteiger charge is -2.06. The molecule has 0 unspecified atom stereocenters. The number of anilines is 1. The molecular weight excluding hydrogens is 194 g/mol. The standard InChI is InChI=1S/C11H13NO3/c1-8-3-2-4-9(7-8)12-10(13)5-6-11(14)15/h2-4,7H,5-6H2,1H3,(H,12,13)(H,14,15)/p-1. The molecule has 1 aromatic rings. The maximum absolute atomic E-state index is 11.2. The van der Waals surface area contributed by atoms with Crippen molar-refractivity contribution in [3.05, 3.63) is 29.8 Å². The van der Waals surface area contributed by atoms with Crippen molar-refractivity contribution < 1.29 is 14.7 Å². The molecule has 0 heterocycles. The molecule has 1 rings (SSSR count). The zero-order valence-corrected chi connectivity index (χ0v) is 8.45. The Morgan fingerprint density at radius 2 is 2.07 bits per heavy atom. The Labute approximate surface area is 87.9 Å². The molecular formula is C11H12NO3-. The quantitative estimate of drug-likeness (QED) is 0.778. The molecule has 15 heavy (non-hydrogen) atoms. The van der Waals surface area contributed by atoms with E-state index in [-0.39, 0.29) is 18.7 Å². The molecule has 0 spiro atoms. The van der Waals surface area contributed by atoms with Gasteiger partial charge in [-0.15, -0.1) is 0 Å². The summed E-state index contributed by atoms with van der Waals surface area (Å²) in [7, 11) is 0. The summed E-state index contributed by atoms with van der Waals surface area (Å²) >= 11 is 0. The summed E-state index contributed by atoms with van der Waals surface area (Å²) in [6.07, 6.45) is -0.312. The van der Waals surface area contributed by atoms with Crippen molar-refractivity contribution in [3.8, 4) is 0 Å². The second-order valence-corrected chi connectivity index (χ2v) is 3.29. The van der Waals surface area contributed by atoms with Crippen molar-refractivity contribution in [2.45, 2.75) is 19.8 Å². The van der Waals surface area contributed by atoms with E-state index in [1.807, 2.05) is 25.1 Å². The number of hydrogen-bond acceptors (Lipinski definition) is 3. The summed E-state index contributed by atoms with van der Waals surface area (Å²) in [5.41, 5.74) is 1.71. The Hall–Kier alpha value is -1.84. The number of rotatable bonds is 4. The zero-order chi connectivity index (χ0) is 11.3. The molecule has 4 heteroatoms. The second-order valence-electron chi connectivity index (χ2n) is 3.29. The molecule has 1 aromatic carbocycles. The molecule has 80 valence electrons. The smallest absolute Gasteiger partial charge is 0.224 e. The molecule has 0 saturated heterocycles. The molecule has 0 atom stereocenters. The van der Waals surface area contributed by atoms with Crippen molar-refractivity contribution in [3.63, 3.8) is 0 Å².